The van der Waals surface area contributed by atoms with Crippen molar-refractivity contribution in [3.63, 3.8) is 0 Å². The highest BCUT2D eigenvalue weighted by Gasteiger charge is 2.39. The SMILES string of the molecule is Cc1cc(C)c2cc(C(=O)N3C[C@H](F)C[C@H]3C(N)=O)[nH]c2c1. The Kier molecular flexibility index (Phi) is 3.39. The van der Waals surface area contributed by atoms with E-state index in [-0.39, 0.29) is 13.0 Å². The van der Waals surface area contributed by atoms with Gasteiger partial charge in [-0.2, -0.15) is 0 Å². The topological polar surface area (TPSA) is 79.2 Å². The normalized spacial score (nSPS) is 21.5. The second-order valence-corrected chi connectivity index (χ2v) is 5.93. The molecule has 2 atom stereocenters. The summed E-state index contributed by atoms with van der Waals surface area (Å²) in [6.07, 6.45) is -1.24. The number of fused-ring (bicyclic) bond motifs is 1. The number of hydrogen-bond donors (Lipinski definition) is 2. The van der Waals surface area contributed by atoms with Gasteiger partial charge in [0, 0.05) is 17.3 Å². The van der Waals surface area contributed by atoms with Gasteiger partial charge in [0.25, 0.3) is 5.91 Å². The number of primary amides is 1. The van der Waals surface area contributed by atoms with Crippen molar-refractivity contribution in [2.24, 2.45) is 5.73 Å². The number of halogens is 1. The first-order valence-electron chi connectivity index (χ1n) is 7.21. The van der Waals surface area contributed by atoms with Gasteiger partial charge in [0.2, 0.25) is 5.91 Å². The van der Waals surface area contributed by atoms with E-state index in [0.717, 1.165) is 22.0 Å². The predicted octanol–water partition coefficient (Wildman–Crippen LogP) is 1.82. The lowest BCUT2D eigenvalue weighted by Crippen LogP contribution is -2.43. The maximum Gasteiger partial charge on any atom is 0.271 e. The van der Waals surface area contributed by atoms with Crippen molar-refractivity contribution in [3.8, 4) is 0 Å². The Morgan fingerprint density at radius 1 is 1.32 bits per heavy atom. The lowest BCUT2D eigenvalue weighted by atomic mass is 10.1. The molecule has 0 saturated carbocycles. The van der Waals surface area contributed by atoms with Crippen LogP contribution in [-0.2, 0) is 4.79 Å². The maximum absolute atomic E-state index is 13.6. The molecule has 1 saturated heterocycles. The molecule has 6 heteroatoms. The summed E-state index contributed by atoms with van der Waals surface area (Å²) in [4.78, 5) is 28.3. The van der Waals surface area contributed by atoms with Gasteiger partial charge in [-0.1, -0.05) is 6.07 Å². The number of nitrogens with two attached hydrogens (primary N) is 1. The Morgan fingerprint density at radius 3 is 2.73 bits per heavy atom. The molecule has 0 bridgehead atoms. The van der Waals surface area contributed by atoms with Gasteiger partial charge in [0.05, 0.1) is 6.54 Å². The van der Waals surface area contributed by atoms with Crippen molar-refractivity contribution in [2.75, 3.05) is 6.54 Å². The van der Waals surface area contributed by atoms with E-state index in [1.807, 2.05) is 26.0 Å². The average Bonchev–Trinajstić information content (AvgIpc) is 3.01. The summed E-state index contributed by atoms with van der Waals surface area (Å²) >= 11 is 0. The van der Waals surface area contributed by atoms with Gasteiger partial charge in [-0.3, -0.25) is 9.59 Å². The molecular formula is C16H18FN3O2. The number of nitrogens with zero attached hydrogens (tertiary/aromatic N) is 1. The van der Waals surface area contributed by atoms with Crippen molar-refractivity contribution in [3.05, 3.63) is 35.0 Å². The van der Waals surface area contributed by atoms with E-state index in [1.165, 1.54) is 4.90 Å². The van der Waals surface area contributed by atoms with Crippen LogP contribution >= 0.6 is 0 Å². The van der Waals surface area contributed by atoms with Gasteiger partial charge in [-0.05, 0) is 37.1 Å². The summed E-state index contributed by atoms with van der Waals surface area (Å²) in [7, 11) is 0. The fourth-order valence-corrected chi connectivity index (χ4v) is 3.15. The van der Waals surface area contributed by atoms with Gasteiger partial charge in [-0.25, -0.2) is 4.39 Å². The first kappa shape index (κ1) is 14.6. The standard InChI is InChI=1S/C16H18FN3O2/c1-8-3-9(2)11-6-13(19-12(11)4-8)16(22)20-7-10(17)5-14(20)15(18)21/h3-4,6,10,14,19H,5,7H2,1-2H3,(H2,18,21)/t10-,14+/m1/s1. The van der Waals surface area contributed by atoms with Crippen molar-refractivity contribution >= 4 is 22.7 Å². The number of nitrogens with one attached hydrogen (secondary N) is 1. The van der Waals surface area contributed by atoms with E-state index in [9.17, 15) is 14.0 Å². The summed E-state index contributed by atoms with van der Waals surface area (Å²) in [5, 5.41) is 0.945. The van der Waals surface area contributed by atoms with Gasteiger partial charge in [0.1, 0.15) is 17.9 Å². The van der Waals surface area contributed by atoms with Crippen molar-refractivity contribution in [1.29, 1.82) is 0 Å². The number of carbonyl (C=O) groups excluding carboxylic acids is 2. The third-order valence-corrected chi connectivity index (χ3v) is 4.16. The van der Waals surface area contributed by atoms with E-state index in [2.05, 4.69) is 4.98 Å². The van der Waals surface area contributed by atoms with Crippen LogP contribution in [0.25, 0.3) is 10.9 Å². The Hall–Kier alpha value is -2.37. The number of alkyl halides is 1. The highest BCUT2D eigenvalue weighted by Crippen LogP contribution is 2.26. The monoisotopic (exact) mass is 303 g/mol. The predicted molar refractivity (Wildman–Crippen MR) is 81.3 cm³/mol. The molecule has 22 heavy (non-hydrogen) atoms. The Labute approximate surface area is 127 Å². The molecule has 0 spiro atoms. The molecule has 1 aromatic heterocycles. The van der Waals surface area contributed by atoms with E-state index >= 15 is 0 Å². The second-order valence-electron chi connectivity index (χ2n) is 5.93. The molecule has 3 N–H and O–H groups in total. The Balaban J connectivity index is 1.98. The van der Waals surface area contributed by atoms with Crippen LogP contribution in [0, 0.1) is 13.8 Å². The number of hydrogen-bond acceptors (Lipinski definition) is 2. The average molecular weight is 303 g/mol. The van der Waals surface area contributed by atoms with Crippen LogP contribution < -0.4 is 5.73 Å². The van der Waals surface area contributed by atoms with E-state index in [4.69, 9.17) is 5.73 Å². The molecule has 1 aliphatic heterocycles. The van der Waals surface area contributed by atoms with Crippen LogP contribution in [0.2, 0.25) is 0 Å². The quantitative estimate of drug-likeness (QED) is 0.887. The number of aromatic amines is 1. The van der Waals surface area contributed by atoms with Crippen molar-refractivity contribution in [1.82, 2.24) is 9.88 Å². The molecule has 3 rings (SSSR count). The molecule has 5 nitrogen and oxygen atoms in total. The van der Waals surface area contributed by atoms with Gasteiger partial charge in [0.15, 0.2) is 0 Å². The van der Waals surface area contributed by atoms with Crippen LogP contribution in [0.1, 0.15) is 28.0 Å². The third kappa shape index (κ3) is 2.34. The molecule has 0 radical (unpaired) electrons. The summed E-state index contributed by atoms with van der Waals surface area (Å²) in [6, 6.07) is 4.85. The maximum atomic E-state index is 13.6. The largest absolute Gasteiger partial charge is 0.368 e. The smallest absolute Gasteiger partial charge is 0.271 e. The molecular weight excluding hydrogens is 285 g/mol. The number of aromatic nitrogens is 1. The molecule has 2 aromatic rings. The number of benzene rings is 1. The van der Waals surface area contributed by atoms with Crippen molar-refractivity contribution < 1.29 is 14.0 Å². The zero-order valence-corrected chi connectivity index (χ0v) is 12.5. The number of carbonyl (C=O) groups is 2. The van der Waals surface area contributed by atoms with E-state index in [0.29, 0.717) is 5.69 Å². The fraction of sp³-hybridized carbons (Fsp3) is 0.375. The lowest BCUT2D eigenvalue weighted by Gasteiger charge is -2.20. The van der Waals surface area contributed by atoms with Gasteiger partial charge in [-0.15, -0.1) is 0 Å². The lowest BCUT2D eigenvalue weighted by molar-refractivity contribution is -0.121. The summed E-state index contributed by atoms with van der Waals surface area (Å²) in [6.45, 7) is 3.85. The van der Waals surface area contributed by atoms with Crippen LogP contribution in [0.3, 0.4) is 0 Å². The van der Waals surface area contributed by atoms with Gasteiger partial charge < -0.3 is 15.6 Å². The highest BCUT2D eigenvalue weighted by molar-refractivity contribution is 6.01. The number of rotatable bonds is 2. The second kappa shape index (κ2) is 5.12. The molecule has 1 fully saturated rings. The van der Waals surface area contributed by atoms with Gasteiger partial charge >= 0.3 is 0 Å². The van der Waals surface area contributed by atoms with E-state index in [1.54, 1.807) is 6.07 Å². The Bertz CT molecular complexity index is 768. The molecule has 1 aliphatic rings. The van der Waals surface area contributed by atoms with Crippen LogP contribution in [0.4, 0.5) is 4.39 Å². The first-order chi connectivity index (χ1) is 10.4. The number of aryl methyl sites for hydroxylation is 2. The molecule has 0 aliphatic carbocycles. The Morgan fingerprint density at radius 2 is 2.05 bits per heavy atom. The molecule has 1 aromatic carbocycles. The number of amides is 2. The minimum absolute atomic E-state index is 0.0283. The van der Waals surface area contributed by atoms with E-state index < -0.39 is 24.0 Å². The minimum Gasteiger partial charge on any atom is -0.368 e. The molecule has 2 heterocycles. The zero-order chi connectivity index (χ0) is 16.0. The third-order valence-electron chi connectivity index (χ3n) is 4.16. The summed E-state index contributed by atoms with van der Waals surface area (Å²) < 4.78 is 13.6. The molecule has 116 valence electrons. The van der Waals surface area contributed by atoms with Crippen LogP contribution in [-0.4, -0.2) is 40.5 Å². The fourth-order valence-electron chi connectivity index (χ4n) is 3.15. The number of likely N-dealkylation sites (tertiary alicyclic amines) is 1. The van der Waals surface area contributed by atoms with Crippen molar-refractivity contribution in [2.45, 2.75) is 32.5 Å². The number of H-pyrrole nitrogens is 1. The van der Waals surface area contributed by atoms with Crippen LogP contribution in [0.5, 0.6) is 0 Å². The molecule has 2 amide bonds. The van der Waals surface area contributed by atoms with Crippen LogP contribution in [0.15, 0.2) is 18.2 Å². The molecule has 0 unspecified atom stereocenters. The minimum atomic E-state index is -1.21. The summed E-state index contributed by atoms with van der Waals surface area (Å²) in [5.74, 6) is -1.06. The highest BCUT2D eigenvalue weighted by atomic mass is 19.1. The first-order valence-corrected chi connectivity index (χ1v) is 7.21. The zero-order valence-electron chi connectivity index (χ0n) is 12.5. The summed E-state index contributed by atoms with van der Waals surface area (Å²) in [5.41, 5.74) is 8.63.